The van der Waals surface area contributed by atoms with Crippen LogP contribution in [0, 0.1) is 0 Å². The molecular formula is C10H15NOS. The molecule has 1 aromatic carbocycles. The van der Waals surface area contributed by atoms with E-state index in [1.165, 1.54) is 4.90 Å². The van der Waals surface area contributed by atoms with Crippen molar-refractivity contribution in [2.24, 2.45) is 5.73 Å². The average molecular weight is 197 g/mol. The summed E-state index contributed by atoms with van der Waals surface area (Å²) in [5, 5.41) is 8.77. The maximum atomic E-state index is 8.77. The molecule has 0 amide bonds. The lowest BCUT2D eigenvalue weighted by atomic mass is 10.1. The fraction of sp³-hybridized carbons (Fsp3) is 0.400. The van der Waals surface area contributed by atoms with E-state index in [-0.39, 0.29) is 12.6 Å². The van der Waals surface area contributed by atoms with Crippen molar-refractivity contribution in [3.63, 3.8) is 0 Å². The van der Waals surface area contributed by atoms with Crippen LogP contribution in [0.15, 0.2) is 29.2 Å². The molecule has 1 rings (SSSR count). The molecule has 0 aliphatic rings. The van der Waals surface area contributed by atoms with E-state index in [0.717, 1.165) is 5.56 Å². The van der Waals surface area contributed by atoms with Crippen LogP contribution in [0.3, 0.4) is 0 Å². The zero-order chi connectivity index (χ0) is 9.68. The highest BCUT2D eigenvalue weighted by Gasteiger charge is 2.08. The lowest BCUT2D eigenvalue weighted by Gasteiger charge is -2.13. The Kier molecular flexibility index (Phi) is 4.28. The van der Waals surface area contributed by atoms with Crippen LogP contribution < -0.4 is 5.73 Å². The molecule has 72 valence electrons. The third-order valence-electron chi connectivity index (χ3n) is 1.98. The Morgan fingerprint density at radius 3 is 2.77 bits per heavy atom. The zero-order valence-corrected chi connectivity index (χ0v) is 8.55. The Morgan fingerprint density at radius 2 is 2.15 bits per heavy atom. The summed E-state index contributed by atoms with van der Waals surface area (Å²) in [6.45, 7) is 0.143. The molecule has 0 aliphatic carbocycles. The van der Waals surface area contributed by atoms with Crippen molar-refractivity contribution in [3.8, 4) is 0 Å². The van der Waals surface area contributed by atoms with E-state index < -0.39 is 0 Å². The zero-order valence-electron chi connectivity index (χ0n) is 7.73. The Bertz CT molecular complexity index is 265. The van der Waals surface area contributed by atoms with Crippen molar-refractivity contribution >= 4 is 11.8 Å². The van der Waals surface area contributed by atoms with Gasteiger partial charge in [0.1, 0.15) is 0 Å². The van der Waals surface area contributed by atoms with Crippen molar-refractivity contribution in [2.75, 3.05) is 12.9 Å². The summed E-state index contributed by atoms with van der Waals surface area (Å²) >= 11 is 1.69. The monoisotopic (exact) mass is 197 g/mol. The lowest BCUT2D eigenvalue weighted by molar-refractivity contribution is 0.276. The molecule has 1 atom stereocenters. The molecule has 0 unspecified atom stereocenters. The quantitative estimate of drug-likeness (QED) is 0.723. The van der Waals surface area contributed by atoms with Gasteiger partial charge in [0.05, 0.1) is 0 Å². The van der Waals surface area contributed by atoms with Crippen LogP contribution in [0.2, 0.25) is 0 Å². The molecule has 0 saturated carbocycles. The second-order valence-electron chi connectivity index (χ2n) is 2.86. The average Bonchev–Trinajstić information content (AvgIpc) is 2.18. The highest BCUT2D eigenvalue weighted by atomic mass is 32.2. The minimum absolute atomic E-state index is 0.0475. The van der Waals surface area contributed by atoms with E-state index in [2.05, 4.69) is 6.07 Å². The van der Waals surface area contributed by atoms with E-state index in [4.69, 9.17) is 10.8 Å². The van der Waals surface area contributed by atoms with Gasteiger partial charge in [0, 0.05) is 17.5 Å². The number of rotatable bonds is 4. The van der Waals surface area contributed by atoms with Crippen LogP contribution in [0.5, 0.6) is 0 Å². The molecule has 13 heavy (non-hydrogen) atoms. The number of aliphatic hydroxyl groups excluding tert-OH is 1. The highest BCUT2D eigenvalue weighted by Crippen LogP contribution is 2.25. The van der Waals surface area contributed by atoms with Crippen molar-refractivity contribution in [3.05, 3.63) is 29.8 Å². The molecule has 2 nitrogen and oxygen atoms in total. The topological polar surface area (TPSA) is 46.2 Å². The van der Waals surface area contributed by atoms with Gasteiger partial charge in [-0.25, -0.2) is 0 Å². The molecule has 0 heterocycles. The first-order valence-electron chi connectivity index (χ1n) is 4.29. The van der Waals surface area contributed by atoms with Gasteiger partial charge < -0.3 is 10.8 Å². The fourth-order valence-corrected chi connectivity index (χ4v) is 1.94. The smallest absolute Gasteiger partial charge is 0.0449 e. The fourth-order valence-electron chi connectivity index (χ4n) is 1.27. The van der Waals surface area contributed by atoms with Crippen LogP contribution in [-0.4, -0.2) is 18.0 Å². The summed E-state index contributed by atoms with van der Waals surface area (Å²) in [4.78, 5) is 1.20. The molecule has 3 N–H and O–H groups in total. The molecule has 0 aliphatic heterocycles. The Balaban J connectivity index is 2.85. The van der Waals surface area contributed by atoms with Gasteiger partial charge in [-0.3, -0.25) is 0 Å². The maximum absolute atomic E-state index is 8.77. The van der Waals surface area contributed by atoms with Crippen LogP contribution >= 0.6 is 11.8 Å². The predicted octanol–water partition coefficient (Wildman–Crippen LogP) is 1.79. The molecule has 3 heteroatoms. The van der Waals surface area contributed by atoms with Gasteiger partial charge in [0.2, 0.25) is 0 Å². The molecule has 0 spiro atoms. The Labute approximate surface area is 83.1 Å². The predicted molar refractivity (Wildman–Crippen MR) is 56.9 cm³/mol. The van der Waals surface area contributed by atoms with Gasteiger partial charge in [-0.2, -0.15) is 0 Å². The van der Waals surface area contributed by atoms with Crippen LogP contribution in [0.25, 0.3) is 0 Å². The second-order valence-corrected chi connectivity index (χ2v) is 3.71. The Hall–Kier alpha value is -0.510. The van der Waals surface area contributed by atoms with Crippen LogP contribution in [-0.2, 0) is 0 Å². The molecular weight excluding hydrogens is 182 g/mol. The summed E-state index contributed by atoms with van der Waals surface area (Å²) in [6, 6.07) is 8.00. The first kappa shape index (κ1) is 10.6. The molecule has 0 fully saturated rings. The SMILES string of the molecule is CSc1ccccc1[C@H](N)CCO. The number of hydrogen-bond donors (Lipinski definition) is 2. The molecule has 0 saturated heterocycles. The number of thioether (sulfide) groups is 1. The van der Waals surface area contributed by atoms with Gasteiger partial charge >= 0.3 is 0 Å². The van der Waals surface area contributed by atoms with Gasteiger partial charge in [0.25, 0.3) is 0 Å². The highest BCUT2D eigenvalue weighted by molar-refractivity contribution is 7.98. The second kappa shape index (κ2) is 5.27. The summed E-state index contributed by atoms with van der Waals surface area (Å²) in [5.74, 6) is 0. The Morgan fingerprint density at radius 1 is 1.46 bits per heavy atom. The van der Waals surface area contributed by atoms with E-state index in [9.17, 15) is 0 Å². The van der Waals surface area contributed by atoms with Crippen molar-refractivity contribution in [1.29, 1.82) is 0 Å². The third kappa shape index (κ3) is 2.72. The van der Waals surface area contributed by atoms with E-state index in [0.29, 0.717) is 6.42 Å². The minimum atomic E-state index is -0.0475. The van der Waals surface area contributed by atoms with E-state index in [1.807, 2.05) is 24.5 Å². The standard InChI is InChI=1S/C10H15NOS/c1-13-10-5-3-2-4-8(10)9(11)6-7-12/h2-5,9,12H,6-7,11H2,1H3/t9-/m1/s1. The largest absolute Gasteiger partial charge is 0.396 e. The molecule has 0 aromatic heterocycles. The van der Waals surface area contributed by atoms with Crippen molar-refractivity contribution < 1.29 is 5.11 Å². The summed E-state index contributed by atoms with van der Waals surface area (Å²) in [6.07, 6.45) is 2.65. The lowest BCUT2D eigenvalue weighted by Crippen LogP contribution is -2.12. The van der Waals surface area contributed by atoms with E-state index in [1.54, 1.807) is 11.8 Å². The molecule has 1 aromatic rings. The maximum Gasteiger partial charge on any atom is 0.0449 e. The van der Waals surface area contributed by atoms with Gasteiger partial charge in [-0.1, -0.05) is 18.2 Å². The summed E-state index contributed by atoms with van der Waals surface area (Å²) in [5.41, 5.74) is 7.04. The van der Waals surface area contributed by atoms with Crippen LogP contribution in [0.4, 0.5) is 0 Å². The molecule has 0 radical (unpaired) electrons. The summed E-state index contributed by atoms with van der Waals surface area (Å²) in [7, 11) is 0. The normalized spacial score (nSPS) is 12.8. The van der Waals surface area contributed by atoms with Gasteiger partial charge in [-0.15, -0.1) is 11.8 Å². The van der Waals surface area contributed by atoms with Crippen LogP contribution in [0.1, 0.15) is 18.0 Å². The number of hydrogen-bond acceptors (Lipinski definition) is 3. The molecule has 0 bridgehead atoms. The summed E-state index contributed by atoms with van der Waals surface area (Å²) < 4.78 is 0. The first-order valence-corrected chi connectivity index (χ1v) is 5.51. The van der Waals surface area contributed by atoms with Gasteiger partial charge in [-0.05, 0) is 24.3 Å². The number of benzene rings is 1. The first-order chi connectivity index (χ1) is 6.29. The number of aliphatic hydroxyl groups is 1. The third-order valence-corrected chi connectivity index (χ3v) is 2.79. The van der Waals surface area contributed by atoms with Crippen molar-refractivity contribution in [1.82, 2.24) is 0 Å². The number of nitrogens with two attached hydrogens (primary N) is 1. The minimum Gasteiger partial charge on any atom is -0.396 e. The van der Waals surface area contributed by atoms with Crippen molar-refractivity contribution in [2.45, 2.75) is 17.4 Å². The van der Waals surface area contributed by atoms with Gasteiger partial charge in [0.15, 0.2) is 0 Å². The van der Waals surface area contributed by atoms with E-state index >= 15 is 0 Å².